The van der Waals surface area contributed by atoms with Crippen LogP contribution in [0.1, 0.15) is 37.7 Å². The van der Waals surface area contributed by atoms with E-state index in [1.165, 1.54) is 35.2 Å². The van der Waals surface area contributed by atoms with Crippen LogP contribution in [0.15, 0.2) is 47.6 Å². The van der Waals surface area contributed by atoms with Gasteiger partial charge in [-0.3, -0.25) is 14.5 Å². The number of amidine groups is 1. The van der Waals surface area contributed by atoms with Crippen molar-refractivity contribution >= 4 is 34.8 Å². The molecule has 1 saturated carbocycles. The number of thioether (sulfide) groups is 1. The standard InChI is InChI=1S/C21H24FN3O2S/c1-2-12-25-20(27)18(13-15-8-6-7-11-17(15)22)24-21(25)28-14-19(26)23-16-9-4-3-5-10-16/h2,6-8,11,13,16H,1,3-5,9-10,12,14H2,(H,23,26)/b18-13+. The molecule has 7 heteroatoms. The highest BCUT2D eigenvalue weighted by Crippen LogP contribution is 2.25. The van der Waals surface area contributed by atoms with E-state index in [2.05, 4.69) is 16.9 Å². The number of carbonyl (C=O) groups is 2. The molecule has 1 fully saturated rings. The smallest absolute Gasteiger partial charge is 0.278 e. The molecule has 1 N–H and O–H groups in total. The lowest BCUT2D eigenvalue weighted by molar-refractivity contribution is -0.122. The van der Waals surface area contributed by atoms with Gasteiger partial charge in [0.05, 0.1) is 5.75 Å². The summed E-state index contributed by atoms with van der Waals surface area (Å²) < 4.78 is 13.9. The van der Waals surface area contributed by atoms with Crippen LogP contribution < -0.4 is 5.32 Å². The second-order valence-corrected chi connectivity index (χ2v) is 7.78. The second kappa shape index (κ2) is 9.68. The average molecular weight is 402 g/mol. The second-order valence-electron chi connectivity index (χ2n) is 6.84. The molecule has 2 amide bonds. The third-order valence-electron chi connectivity index (χ3n) is 4.72. The molecule has 1 aliphatic heterocycles. The molecule has 5 nitrogen and oxygen atoms in total. The van der Waals surface area contributed by atoms with Gasteiger partial charge >= 0.3 is 0 Å². The van der Waals surface area contributed by atoms with Crippen LogP contribution in [0.4, 0.5) is 4.39 Å². The minimum atomic E-state index is -0.416. The van der Waals surface area contributed by atoms with Crippen molar-refractivity contribution in [1.29, 1.82) is 0 Å². The first-order valence-corrected chi connectivity index (χ1v) is 10.5. The van der Waals surface area contributed by atoms with Gasteiger partial charge in [-0.1, -0.05) is 55.3 Å². The number of rotatable bonds is 6. The van der Waals surface area contributed by atoms with E-state index in [0.29, 0.717) is 10.7 Å². The molecule has 28 heavy (non-hydrogen) atoms. The molecule has 3 rings (SSSR count). The summed E-state index contributed by atoms with van der Waals surface area (Å²) >= 11 is 1.21. The predicted molar refractivity (Wildman–Crippen MR) is 111 cm³/mol. The number of hydrogen-bond donors (Lipinski definition) is 1. The number of aliphatic imine (C=N–C) groups is 1. The van der Waals surface area contributed by atoms with E-state index in [1.54, 1.807) is 24.3 Å². The quantitative estimate of drug-likeness (QED) is 0.584. The SMILES string of the molecule is C=CCN1C(=O)/C(=C\c2ccccc2F)N=C1SCC(=O)NC1CCCCC1. The van der Waals surface area contributed by atoms with Gasteiger partial charge in [-0.25, -0.2) is 9.38 Å². The summed E-state index contributed by atoms with van der Waals surface area (Å²) in [5.41, 5.74) is 0.455. The zero-order valence-corrected chi connectivity index (χ0v) is 16.5. The highest BCUT2D eigenvalue weighted by molar-refractivity contribution is 8.14. The Morgan fingerprint density at radius 2 is 2.07 bits per heavy atom. The molecule has 0 saturated heterocycles. The summed E-state index contributed by atoms with van der Waals surface area (Å²) in [5.74, 6) is -0.611. The van der Waals surface area contributed by atoms with Crippen molar-refractivity contribution in [1.82, 2.24) is 10.2 Å². The molecule has 1 aromatic rings. The summed E-state index contributed by atoms with van der Waals surface area (Å²) in [6.07, 6.45) is 8.61. The van der Waals surface area contributed by atoms with E-state index >= 15 is 0 Å². The predicted octanol–water partition coefficient (Wildman–Crippen LogP) is 3.73. The van der Waals surface area contributed by atoms with Crippen LogP contribution in [-0.2, 0) is 9.59 Å². The maximum Gasteiger partial charge on any atom is 0.278 e. The van der Waals surface area contributed by atoms with E-state index in [0.717, 1.165) is 25.7 Å². The van der Waals surface area contributed by atoms with Crippen LogP contribution in [-0.4, -0.2) is 40.2 Å². The molecule has 1 heterocycles. The lowest BCUT2D eigenvalue weighted by atomic mass is 9.95. The molecule has 0 bridgehead atoms. The largest absolute Gasteiger partial charge is 0.353 e. The Labute approximate surface area is 168 Å². The fraction of sp³-hybridized carbons (Fsp3) is 0.381. The first-order chi connectivity index (χ1) is 13.6. The fourth-order valence-electron chi connectivity index (χ4n) is 3.32. The van der Waals surface area contributed by atoms with Gasteiger partial charge in [0.15, 0.2) is 5.17 Å². The first-order valence-electron chi connectivity index (χ1n) is 9.48. The number of amides is 2. The Kier molecular flexibility index (Phi) is 7.03. The Balaban J connectivity index is 1.68. The Bertz CT molecular complexity index is 816. The number of benzene rings is 1. The van der Waals surface area contributed by atoms with Crippen molar-refractivity contribution in [3.8, 4) is 0 Å². The zero-order chi connectivity index (χ0) is 19.9. The third-order valence-corrected chi connectivity index (χ3v) is 5.70. The highest BCUT2D eigenvalue weighted by Gasteiger charge is 2.30. The first kappa shape index (κ1) is 20.3. The maximum absolute atomic E-state index is 13.9. The molecule has 148 valence electrons. The normalized spacial score (nSPS) is 19.0. The van der Waals surface area contributed by atoms with Crippen molar-refractivity contribution in [2.45, 2.75) is 38.1 Å². The molecule has 1 aromatic carbocycles. The van der Waals surface area contributed by atoms with Gasteiger partial charge in [0.25, 0.3) is 5.91 Å². The van der Waals surface area contributed by atoms with Crippen molar-refractivity contribution in [2.75, 3.05) is 12.3 Å². The van der Waals surface area contributed by atoms with Crippen LogP contribution in [0, 0.1) is 5.82 Å². The van der Waals surface area contributed by atoms with Gasteiger partial charge in [-0.15, -0.1) is 6.58 Å². The Hall–Kier alpha value is -2.41. The minimum Gasteiger partial charge on any atom is -0.353 e. The van der Waals surface area contributed by atoms with Gasteiger partial charge in [0, 0.05) is 18.2 Å². The lowest BCUT2D eigenvalue weighted by Crippen LogP contribution is -2.38. The van der Waals surface area contributed by atoms with Gasteiger partial charge in [-0.2, -0.15) is 0 Å². The van der Waals surface area contributed by atoms with Gasteiger partial charge in [0.1, 0.15) is 11.5 Å². The summed E-state index contributed by atoms with van der Waals surface area (Å²) in [6.45, 7) is 3.95. The molecule has 2 aliphatic rings. The summed E-state index contributed by atoms with van der Waals surface area (Å²) in [4.78, 5) is 30.7. The van der Waals surface area contributed by atoms with Crippen LogP contribution in [0.5, 0.6) is 0 Å². The third kappa shape index (κ3) is 5.10. The molecular formula is C21H24FN3O2S. The molecule has 1 aliphatic carbocycles. The number of halogens is 1. The van der Waals surface area contributed by atoms with Crippen molar-refractivity contribution in [3.05, 3.63) is 54.0 Å². The monoisotopic (exact) mass is 401 g/mol. The minimum absolute atomic E-state index is 0.0582. The molecule has 0 aromatic heterocycles. The van der Waals surface area contributed by atoms with Crippen LogP contribution in [0.3, 0.4) is 0 Å². The van der Waals surface area contributed by atoms with E-state index < -0.39 is 5.82 Å². The van der Waals surface area contributed by atoms with Crippen molar-refractivity contribution < 1.29 is 14.0 Å². The van der Waals surface area contributed by atoms with E-state index in [9.17, 15) is 14.0 Å². The maximum atomic E-state index is 13.9. The molecule has 0 spiro atoms. The molecule has 0 unspecified atom stereocenters. The van der Waals surface area contributed by atoms with E-state index in [-0.39, 0.29) is 35.9 Å². The van der Waals surface area contributed by atoms with E-state index in [4.69, 9.17) is 0 Å². The molecular weight excluding hydrogens is 377 g/mol. The number of carbonyl (C=O) groups excluding carboxylic acids is 2. The van der Waals surface area contributed by atoms with Gasteiger partial charge in [0.2, 0.25) is 5.91 Å². The van der Waals surface area contributed by atoms with Crippen LogP contribution in [0.25, 0.3) is 6.08 Å². The summed E-state index contributed by atoms with van der Waals surface area (Å²) in [5, 5.41) is 3.49. The van der Waals surface area contributed by atoms with Gasteiger partial charge in [-0.05, 0) is 25.0 Å². The highest BCUT2D eigenvalue weighted by atomic mass is 32.2. The van der Waals surface area contributed by atoms with Gasteiger partial charge < -0.3 is 5.32 Å². The lowest BCUT2D eigenvalue weighted by Gasteiger charge is -2.22. The van der Waals surface area contributed by atoms with Crippen LogP contribution >= 0.6 is 11.8 Å². The van der Waals surface area contributed by atoms with Crippen molar-refractivity contribution in [2.24, 2.45) is 4.99 Å². The number of nitrogens with one attached hydrogen (secondary N) is 1. The Morgan fingerprint density at radius 3 is 2.79 bits per heavy atom. The summed E-state index contributed by atoms with van der Waals surface area (Å²) in [6, 6.07) is 6.46. The summed E-state index contributed by atoms with van der Waals surface area (Å²) in [7, 11) is 0. The van der Waals surface area contributed by atoms with Crippen LogP contribution in [0.2, 0.25) is 0 Å². The molecule has 0 radical (unpaired) electrons. The Morgan fingerprint density at radius 1 is 1.32 bits per heavy atom. The number of hydrogen-bond acceptors (Lipinski definition) is 4. The number of nitrogens with zero attached hydrogens (tertiary/aromatic N) is 2. The zero-order valence-electron chi connectivity index (χ0n) is 15.7. The van der Waals surface area contributed by atoms with Crippen molar-refractivity contribution in [3.63, 3.8) is 0 Å². The molecule has 0 atom stereocenters. The van der Waals surface area contributed by atoms with E-state index in [1.807, 2.05) is 0 Å². The average Bonchev–Trinajstić information content (AvgIpc) is 2.98. The topological polar surface area (TPSA) is 61.8 Å². The fourth-order valence-corrected chi connectivity index (χ4v) is 4.14.